The fourth-order valence-electron chi connectivity index (χ4n) is 2.98. The Balaban J connectivity index is 1.78. The van der Waals surface area contributed by atoms with Gasteiger partial charge in [-0.05, 0) is 49.9 Å². The number of thioether (sulfide) groups is 1. The monoisotopic (exact) mass is 228 g/mol. The van der Waals surface area contributed by atoms with E-state index < -0.39 is 0 Å². The summed E-state index contributed by atoms with van der Waals surface area (Å²) in [7, 11) is 0. The van der Waals surface area contributed by atoms with Crippen LogP contribution in [-0.4, -0.2) is 42.6 Å². The molecule has 2 atom stereocenters. The summed E-state index contributed by atoms with van der Waals surface area (Å²) in [4.78, 5) is 2.68. The summed E-state index contributed by atoms with van der Waals surface area (Å²) in [6.07, 6.45) is 5.59. The first-order valence-electron chi connectivity index (χ1n) is 6.40. The van der Waals surface area contributed by atoms with E-state index in [4.69, 9.17) is 5.73 Å². The van der Waals surface area contributed by atoms with Gasteiger partial charge in [-0.2, -0.15) is 11.8 Å². The summed E-state index contributed by atoms with van der Waals surface area (Å²) in [5, 5.41) is 0. The van der Waals surface area contributed by atoms with Gasteiger partial charge in [0.1, 0.15) is 0 Å². The minimum Gasteiger partial charge on any atom is -0.330 e. The molecule has 1 saturated carbocycles. The van der Waals surface area contributed by atoms with Gasteiger partial charge < -0.3 is 10.6 Å². The van der Waals surface area contributed by atoms with E-state index in [-0.39, 0.29) is 0 Å². The van der Waals surface area contributed by atoms with E-state index in [1.165, 1.54) is 56.8 Å². The van der Waals surface area contributed by atoms with Gasteiger partial charge in [0.05, 0.1) is 0 Å². The van der Waals surface area contributed by atoms with E-state index in [2.05, 4.69) is 16.7 Å². The lowest BCUT2D eigenvalue weighted by molar-refractivity contribution is 0.219. The van der Waals surface area contributed by atoms with Crippen molar-refractivity contribution in [2.24, 2.45) is 17.6 Å². The maximum atomic E-state index is 5.84. The molecule has 0 spiro atoms. The molecule has 0 aromatic rings. The van der Waals surface area contributed by atoms with Crippen molar-refractivity contribution < 1.29 is 0 Å². The smallest absolute Gasteiger partial charge is 0.00725 e. The van der Waals surface area contributed by atoms with E-state index in [0.29, 0.717) is 0 Å². The highest BCUT2D eigenvalue weighted by Gasteiger charge is 2.27. The highest BCUT2D eigenvalue weighted by Crippen LogP contribution is 2.31. The highest BCUT2D eigenvalue weighted by atomic mass is 32.2. The molecule has 0 aromatic heterocycles. The van der Waals surface area contributed by atoms with Crippen molar-refractivity contribution in [2.45, 2.75) is 25.7 Å². The highest BCUT2D eigenvalue weighted by molar-refractivity contribution is 7.99. The summed E-state index contributed by atoms with van der Waals surface area (Å²) in [6, 6.07) is 0. The molecule has 88 valence electrons. The van der Waals surface area contributed by atoms with E-state index in [0.717, 1.165) is 18.4 Å². The molecular weight excluding hydrogens is 204 g/mol. The number of hydrogen-bond donors (Lipinski definition) is 1. The van der Waals surface area contributed by atoms with Crippen molar-refractivity contribution in [3.63, 3.8) is 0 Å². The summed E-state index contributed by atoms with van der Waals surface area (Å²) in [6.45, 7) is 4.86. The zero-order valence-corrected chi connectivity index (χ0v) is 10.5. The fraction of sp³-hybridized carbons (Fsp3) is 1.00. The lowest BCUT2D eigenvalue weighted by Gasteiger charge is -2.26. The summed E-state index contributed by atoms with van der Waals surface area (Å²) in [5.74, 6) is 4.42. The minimum atomic E-state index is 0.820. The Morgan fingerprint density at radius 2 is 1.93 bits per heavy atom. The van der Waals surface area contributed by atoms with Gasteiger partial charge in [-0.25, -0.2) is 0 Å². The molecule has 2 nitrogen and oxygen atoms in total. The molecule has 2 aliphatic rings. The molecular formula is C12H24N2S. The molecule has 2 unspecified atom stereocenters. The summed E-state index contributed by atoms with van der Waals surface area (Å²) < 4.78 is 0. The van der Waals surface area contributed by atoms with Crippen LogP contribution < -0.4 is 5.73 Å². The lowest BCUT2D eigenvalue weighted by Crippen LogP contribution is -2.34. The lowest BCUT2D eigenvalue weighted by atomic mass is 9.95. The molecule has 3 heteroatoms. The first kappa shape index (κ1) is 11.7. The van der Waals surface area contributed by atoms with Crippen molar-refractivity contribution in [3.05, 3.63) is 0 Å². The Morgan fingerprint density at radius 1 is 1.07 bits per heavy atom. The Kier molecular flexibility index (Phi) is 4.79. The molecule has 0 amide bonds. The minimum absolute atomic E-state index is 0.820. The Hall–Kier alpha value is 0.270. The third-order valence-electron chi connectivity index (χ3n) is 3.93. The second-order valence-corrected chi connectivity index (χ2v) is 6.18. The van der Waals surface area contributed by atoms with Crippen molar-refractivity contribution in [3.8, 4) is 0 Å². The number of hydrogen-bond acceptors (Lipinski definition) is 3. The van der Waals surface area contributed by atoms with Gasteiger partial charge in [0, 0.05) is 18.8 Å². The fourth-order valence-corrected chi connectivity index (χ4v) is 3.90. The van der Waals surface area contributed by atoms with E-state index in [1.807, 2.05) is 0 Å². The third kappa shape index (κ3) is 3.36. The van der Waals surface area contributed by atoms with E-state index in [1.54, 1.807) is 0 Å². The van der Waals surface area contributed by atoms with Crippen LogP contribution in [0.25, 0.3) is 0 Å². The van der Waals surface area contributed by atoms with Gasteiger partial charge in [0.2, 0.25) is 0 Å². The molecule has 15 heavy (non-hydrogen) atoms. The first-order chi connectivity index (χ1) is 7.40. The van der Waals surface area contributed by atoms with Gasteiger partial charge in [0.15, 0.2) is 0 Å². The van der Waals surface area contributed by atoms with Crippen LogP contribution in [0.4, 0.5) is 0 Å². The van der Waals surface area contributed by atoms with Crippen LogP contribution in [0.2, 0.25) is 0 Å². The van der Waals surface area contributed by atoms with Crippen molar-refractivity contribution >= 4 is 11.8 Å². The standard InChI is InChI=1S/C12H24N2S/c13-9-11-3-1-4-12(11)10-14-5-2-7-15-8-6-14/h11-12H,1-10,13H2. The maximum Gasteiger partial charge on any atom is 0.00725 e. The third-order valence-corrected chi connectivity index (χ3v) is 4.98. The van der Waals surface area contributed by atoms with Crippen molar-refractivity contribution in [1.29, 1.82) is 0 Å². The second-order valence-electron chi connectivity index (χ2n) is 4.95. The maximum absolute atomic E-state index is 5.84. The average Bonchev–Trinajstić information content (AvgIpc) is 2.53. The Labute approximate surface area is 98.0 Å². The van der Waals surface area contributed by atoms with Crippen LogP contribution in [0.3, 0.4) is 0 Å². The number of nitrogens with two attached hydrogens (primary N) is 1. The molecule has 2 N–H and O–H groups in total. The van der Waals surface area contributed by atoms with Crippen LogP contribution in [0, 0.1) is 11.8 Å². The summed E-state index contributed by atoms with van der Waals surface area (Å²) >= 11 is 2.12. The van der Waals surface area contributed by atoms with Crippen molar-refractivity contribution in [1.82, 2.24) is 4.90 Å². The second kappa shape index (κ2) is 6.12. The number of rotatable bonds is 3. The van der Waals surface area contributed by atoms with Gasteiger partial charge in [0.25, 0.3) is 0 Å². The largest absolute Gasteiger partial charge is 0.330 e. The van der Waals surface area contributed by atoms with Crippen LogP contribution in [0.15, 0.2) is 0 Å². The zero-order valence-electron chi connectivity index (χ0n) is 9.66. The molecule has 2 rings (SSSR count). The van der Waals surface area contributed by atoms with Crippen LogP contribution >= 0.6 is 11.8 Å². The van der Waals surface area contributed by atoms with Gasteiger partial charge in [-0.3, -0.25) is 0 Å². The Morgan fingerprint density at radius 3 is 2.80 bits per heavy atom. The molecule has 0 bridgehead atoms. The van der Waals surface area contributed by atoms with Crippen LogP contribution in [-0.2, 0) is 0 Å². The first-order valence-corrected chi connectivity index (χ1v) is 7.56. The van der Waals surface area contributed by atoms with Crippen LogP contribution in [0.1, 0.15) is 25.7 Å². The molecule has 1 aliphatic carbocycles. The molecule has 0 aromatic carbocycles. The SMILES string of the molecule is NCC1CCCC1CN1CCCSCC1. The summed E-state index contributed by atoms with van der Waals surface area (Å²) in [5.41, 5.74) is 5.84. The molecule has 2 fully saturated rings. The van der Waals surface area contributed by atoms with Gasteiger partial charge >= 0.3 is 0 Å². The van der Waals surface area contributed by atoms with Gasteiger partial charge in [-0.1, -0.05) is 6.42 Å². The van der Waals surface area contributed by atoms with E-state index >= 15 is 0 Å². The normalized spacial score (nSPS) is 34.2. The van der Waals surface area contributed by atoms with Gasteiger partial charge in [-0.15, -0.1) is 0 Å². The molecule has 1 saturated heterocycles. The average molecular weight is 228 g/mol. The van der Waals surface area contributed by atoms with Crippen LogP contribution in [0.5, 0.6) is 0 Å². The predicted molar refractivity (Wildman–Crippen MR) is 68.3 cm³/mol. The zero-order chi connectivity index (χ0) is 10.5. The Bertz CT molecular complexity index is 178. The molecule has 1 heterocycles. The van der Waals surface area contributed by atoms with Crippen molar-refractivity contribution in [2.75, 3.05) is 37.7 Å². The molecule has 0 radical (unpaired) electrons. The number of nitrogens with zero attached hydrogens (tertiary/aromatic N) is 1. The quantitative estimate of drug-likeness (QED) is 0.799. The molecule has 1 aliphatic heterocycles. The predicted octanol–water partition coefficient (Wildman–Crippen LogP) is 1.80. The topological polar surface area (TPSA) is 29.3 Å². The van der Waals surface area contributed by atoms with E-state index in [9.17, 15) is 0 Å².